The van der Waals surface area contributed by atoms with Crippen molar-refractivity contribution in [3.05, 3.63) is 47.0 Å². The van der Waals surface area contributed by atoms with Crippen LogP contribution in [0.3, 0.4) is 0 Å². The number of likely N-dealkylation sites (tertiary alicyclic amines) is 1. The highest BCUT2D eigenvalue weighted by atomic mass is 35.5. The number of nitrogens with one attached hydrogen (secondary N) is 1. The highest BCUT2D eigenvalue weighted by Gasteiger charge is 2.35. The van der Waals surface area contributed by atoms with Crippen LogP contribution in [0, 0.1) is 11.7 Å². The van der Waals surface area contributed by atoms with Crippen LogP contribution < -0.4 is 11.1 Å². The second-order valence-electron chi connectivity index (χ2n) is 11.1. The molecule has 204 valence electrons. The first-order valence-corrected chi connectivity index (χ1v) is 16.8. The van der Waals surface area contributed by atoms with Gasteiger partial charge in [-0.05, 0) is 42.5 Å². The SMILES string of the molecule is C[C@@H]1CC[C@@H](c2ccc(F)c(Cl)c2)N(C(=O)C(=O)Nc2cnc(N)c3cnn(COCC[Si](C)(C)C)c23)C1. The first-order valence-electron chi connectivity index (χ1n) is 12.7. The molecule has 3 N–H and O–H groups in total. The van der Waals surface area contributed by atoms with Gasteiger partial charge in [0.25, 0.3) is 0 Å². The van der Waals surface area contributed by atoms with Crippen LogP contribution in [0.2, 0.25) is 30.7 Å². The Kier molecular flexibility index (Phi) is 8.39. The molecule has 0 aliphatic carbocycles. The predicted octanol–water partition coefficient (Wildman–Crippen LogP) is 5.06. The lowest BCUT2D eigenvalue weighted by atomic mass is 9.89. The molecule has 9 nitrogen and oxygen atoms in total. The maximum atomic E-state index is 13.8. The molecule has 0 spiro atoms. The summed E-state index contributed by atoms with van der Waals surface area (Å²) in [6.07, 6.45) is 4.48. The summed E-state index contributed by atoms with van der Waals surface area (Å²) in [6, 6.07) is 5.01. The van der Waals surface area contributed by atoms with E-state index in [0.29, 0.717) is 41.7 Å². The second-order valence-corrected chi connectivity index (χ2v) is 17.1. The molecule has 2 aromatic heterocycles. The fourth-order valence-corrected chi connectivity index (χ4v) is 5.54. The van der Waals surface area contributed by atoms with Crippen molar-refractivity contribution in [3.8, 4) is 0 Å². The lowest BCUT2D eigenvalue weighted by molar-refractivity contribution is -0.146. The molecule has 3 aromatic rings. The number of amides is 2. The van der Waals surface area contributed by atoms with Gasteiger partial charge in [-0.3, -0.25) is 9.59 Å². The Balaban J connectivity index is 1.55. The Labute approximate surface area is 227 Å². The van der Waals surface area contributed by atoms with E-state index < -0.39 is 31.7 Å². The van der Waals surface area contributed by atoms with Crippen molar-refractivity contribution in [2.45, 2.75) is 58.2 Å². The highest BCUT2D eigenvalue weighted by Crippen LogP contribution is 2.35. The number of benzene rings is 1. The molecular weight excluding hydrogens is 527 g/mol. The normalized spacial score (nSPS) is 18.1. The zero-order valence-corrected chi connectivity index (χ0v) is 23.9. The number of nitrogens with two attached hydrogens (primary N) is 1. The summed E-state index contributed by atoms with van der Waals surface area (Å²) in [4.78, 5) is 32.4. The van der Waals surface area contributed by atoms with Crippen molar-refractivity contribution in [2.24, 2.45) is 5.92 Å². The predicted molar refractivity (Wildman–Crippen MR) is 149 cm³/mol. The van der Waals surface area contributed by atoms with Crippen LogP contribution in [-0.4, -0.2) is 52.7 Å². The fourth-order valence-electron chi connectivity index (χ4n) is 4.59. The Bertz CT molecular complexity index is 1340. The topological polar surface area (TPSA) is 115 Å². The van der Waals surface area contributed by atoms with Gasteiger partial charge in [-0.25, -0.2) is 14.1 Å². The van der Waals surface area contributed by atoms with Crippen LogP contribution in [0.5, 0.6) is 0 Å². The van der Waals surface area contributed by atoms with Crippen molar-refractivity contribution in [1.29, 1.82) is 0 Å². The van der Waals surface area contributed by atoms with Crippen LogP contribution >= 0.6 is 11.6 Å². The fraction of sp³-hybridized carbons (Fsp3) is 0.462. The van der Waals surface area contributed by atoms with Gasteiger partial charge in [-0.2, -0.15) is 5.10 Å². The summed E-state index contributed by atoms with van der Waals surface area (Å²) in [5, 5.41) is 7.61. The van der Waals surface area contributed by atoms with Crippen LogP contribution in [-0.2, 0) is 21.1 Å². The average molecular weight is 561 g/mol. The minimum atomic E-state index is -1.25. The molecule has 12 heteroatoms. The third-order valence-electron chi connectivity index (χ3n) is 6.76. The molecule has 0 radical (unpaired) electrons. The van der Waals surface area contributed by atoms with E-state index in [0.717, 1.165) is 12.5 Å². The van der Waals surface area contributed by atoms with Gasteiger partial charge in [-0.15, -0.1) is 0 Å². The monoisotopic (exact) mass is 560 g/mol. The quantitative estimate of drug-likeness (QED) is 0.237. The Morgan fingerprint density at radius 2 is 2.03 bits per heavy atom. The lowest BCUT2D eigenvalue weighted by Crippen LogP contribution is -2.46. The van der Waals surface area contributed by atoms with E-state index >= 15 is 0 Å². The van der Waals surface area contributed by atoms with E-state index in [1.807, 2.05) is 6.92 Å². The van der Waals surface area contributed by atoms with Gasteiger partial charge >= 0.3 is 11.8 Å². The molecule has 4 rings (SSSR count). The molecule has 1 fully saturated rings. The molecule has 1 saturated heterocycles. The number of anilines is 2. The molecule has 1 aliphatic heterocycles. The molecule has 2 atom stereocenters. The summed E-state index contributed by atoms with van der Waals surface area (Å²) < 4.78 is 21.2. The van der Waals surface area contributed by atoms with Crippen molar-refractivity contribution in [1.82, 2.24) is 19.7 Å². The Morgan fingerprint density at radius 3 is 2.74 bits per heavy atom. The number of halogens is 2. The van der Waals surface area contributed by atoms with E-state index in [1.54, 1.807) is 16.9 Å². The minimum absolute atomic E-state index is 0.0198. The van der Waals surface area contributed by atoms with Gasteiger partial charge in [0.15, 0.2) is 0 Å². The number of carbonyl (C=O) groups is 2. The summed E-state index contributed by atoms with van der Waals surface area (Å²) in [5.41, 5.74) is 7.58. The van der Waals surface area contributed by atoms with Gasteiger partial charge < -0.3 is 20.7 Å². The number of nitrogen functional groups attached to an aromatic ring is 1. The Hall–Kier alpha value is -3.02. The number of ether oxygens (including phenoxy) is 1. The van der Waals surface area contributed by atoms with Gasteiger partial charge in [0.1, 0.15) is 18.4 Å². The van der Waals surface area contributed by atoms with Gasteiger partial charge in [0, 0.05) is 21.2 Å². The molecule has 0 saturated carbocycles. The summed E-state index contributed by atoms with van der Waals surface area (Å²) >= 11 is 6.01. The van der Waals surface area contributed by atoms with E-state index in [4.69, 9.17) is 22.1 Å². The summed E-state index contributed by atoms with van der Waals surface area (Å²) in [7, 11) is -1.25. The van der Waals surface area contributed by atoms with Crippen molar-refractivity contribution in [3.63, 3.8) is 0 Å². The maximum absolute atomic E-state index is 13.8. The first kappa shape index (κ1) is 28.0. The summed E-state index contributed by atoms with van der Waals surface area (Å²) in [6.45, 7) is 10.0. The van der Waals surface area contributed by atoms with Crippen LogP contribution in [0.1, 0.15) is 31.4 Å². The van der Waals surface area contributed by atoms with E-state index in [1.165, 1.54) is 23.2 Å². The van der Waals surface area contributed by atoms with Gasteiger partial charge in [-0.1, -0.05) is 44.2 Å². The number of nitrogens with zero attached hydrogens (tertiary/aromatic N) is 4. The van der Waals surface area contributed by atoms with E-state index in [9.17, 15) is 14.0 Å². The van der Waals surface area contributed by atoms with E-state index in [2.05, 4.69) is 35.0 Å². The third kappa shape index (κ3) is 6.33. The largest absolute Gasteiger partial charge is 0.383 e. The van der Waals surface area contributed by atoms with Gasteiger partial charge in [0.2, 0.25) is 0 Å². The van der Waals surface area contributed by atoms with Gasteiger partial charge in [0.05, 0.1) is 40.0 Å². The standard InChI is InChI=1S/C26H34ClFN6O3Si/c1-16-5-8-22(17-6-7-20(28)19(27)11-17)33(14-16)26(36)25(35)32-21-13-30-24(29)18-12-31-34(23(18)21)15-37-9-10-38(2,3)4/h6-7,11-13,16,22H,5,8-10,14-15H2,1-4H3,(H2,29,30)(H,32,35)/t16-,22+/m1/s1. The van der Waals surface area contributed by atoms with Crippen LogP contribution in [0.25, 0.3) is 10.9 Å². The molecule has 0 unspecified atom stereocenters. The molecule has 1 aliphatic rings. The molecule has 2 amide bonds. The summed E-state index contributed by atoms with van der Waals surface area (Å²) in [5.74, 6) is -1.56. The molecule has 1 aromatic carbocycles. The number of fused-ring (bicyclic) bond motifs is 1. The number of aromatic nitrogens is 3. The average Bonchev–Trinajstić information content (AvgIpc) is 3.29. The first-order chi connectivity index (χ1) is 17.9. The number of carbonyl (C=O) groups excluding carboxylic acids is 2. The van der Waals surface area contributed by atoms with E-state index in [-0.39, 0.29) is 23.5 Å². The maximum Gasteiger partial charge on any atom is 0.314 e. The zero-order chi connectivity index (χ0) is 27.6. The number of rotatable bonds is 7. The zero-order valence-electron chi connectivity index (χ0n) is 22.1. The third-order valence-corrected chi connectivity index (χ3v) is 8.76. The lowest BCUT2D eigenvalue weighted by Gasteiger charge is -2.38. The second kappa shape index (κ2) is 11.4. The Morgan fingerprint density at radius 1 is 1.26 bits per heavy atom. The number of pyridine rings is 1. The van der Waals surface area contributed by atoms with Crippen molar-refractivity contribution in [2.75, 3.05) is 24.2 Å². The van der Waals surface area contributed by atoms with Crippen LogP contribution in [0.15, 0.2) is 30.6 Å². The molecule has 0 bridgehead atoms. The number of piperidine rings is 1. The van der Waals surface area contributed by atoms with Crippen molar-refractivity contribution >= 4 is 53.9 Å². The molecule has 3 heterocycles. The minimum Gasteiger partial charge on any atom is -0.383 e. The smallest absolute Gasteiger partial charge is 0.314 e. The molecular formula is C26H34ClFN6O3Si. The van der Waals surface area contributed by atoms with Crippen molar-refractivity contribution < 1.29 is 18.7 Å². The highest BCUT2D eigenvalue weighted by molar-refractivity contribution is 6.76. The molecule has 38 heavy (non-hydrogen) atoms. The number of hydrogen-bond donors (Lipinski definition) is 2. The number of hydrogen-bond acceptors (Lipinski definition) is 6. The van der Waals surface area contributed by atoms with Crippen LogP contribution in [0.4, 0.5) is 15.9 Å².